The zero-order chi connectivity index (χ0) is 16.8. The summed E-state index contributed by atoms with van der Waals surface area (Å²) in [4.78, 5) is 4.55. The molecule has 0 spiro atoms. The first-order valence-corrected chi connectivity index (χ1v) is 8.25. The third kappa shape index (κ3) is 3.93. The Morgan fingerprint density at radius 3 is 2.33 bits per heavy atom. The van der Waals surface area contributed by atoms with E-state index in [4.69, 9.17) is 10.5 Å². The Morgan fingerprint density at radius 1 is 0.917 bits per heavy atom. The highest BCUT2D eigenvalue weighted by Crippen LogP contribution is 2.28. The first kappa shape index (κ1) is 16.1. The van der Waals surface area contributed by atoms with Crippen molar-refractivity contribution in [3.05, 3.63) is 89.6 Å². The van der Waals surface area contributed by atoms with Crippen LogP contribution >= 0.6 is 0 Å². The van der Waals surface area contributed by atoms with Crippen LogP contribution in [0.2, 0.25) is 0 Å². The molecule has 3 heteroatoms. The summed E-state index contributed by atoms with van der Waals surface area (Å²) in [5, 5.41) is 0. The maximum Gasteiger partial charge on any atom is 0.123 e. The third-order valence-corrected chi connectivity index (χ3v) is 4.03. The lowest BCUT2D eigenvalue weighted by Gasteiger charge is -2.18. The third-order valence-electron chi connectivity index (χ3n) is 4.03. The fraction of sp³-hybridized carbons (Fsp3) is 0.190. The highest BCUT2D eigenvalue weighted by molar-refractivity contribution is 5.37. The van der Waals surface area contributed by atoms with Crippen LogP contribution in [0.1, 0.15) is 29.7 Å². The van der Waals surface area contributed by atoms with E-state index in [-0.39, 0.29) is 5.92 Å². The van der Waals surface area contributed by atoms with Gasteiger partial charge in [0.15, 0.2) is 0 Å². The molecule has 0 fully saturated rings. The van der Waals surface area contributed by atoms with Crippen LogP contribution in [0.4, 0.5) is 5.82 Å². The van der Waals surface area contributed by atoms with Crippen LogP contribution < -0.4 is 10.5 Å². The van der Waals surface area contributed by atoms with Crippen molar-refractivity contribution < 1.29 is 4.74 Å². The number of nitrogens with two attached hydrogens (primary N) is 1. The zero-order valence-corrected chi connectivity index (χ0v) is 13.9. The number of aromatic nitrogens is 1. The maximum absolute atomic E-state index is 5.89. The van der Waals surface area contributed by atoms with Crippen molar-refractivity contribution in [2.24, 2.45) is 0 Å². The van der Waals surface area contributed by atoms with Crippen LogP contribution in [0.3, 0.4) is 0 Å². The molecule has 2 N–H and O–H groups in total. The SMILES string of the molecule is CCOc1ccc(CC(c2ccccc2)c2cccc(N)n2)cc1. The predicted octanol–water partition coefficient (Wildman–Crippen LogP) is 4.44. The summed E-state index contributed by atoms with van der Waals surface area (Å²) >= 11 is 0. The summed E-state index contributed by atoms with van der Waals surface area (Å²) in [7, 11) is 0. The maximum atomic E-state index is 5.89. The number of benzene rings is 2. The number of anilines is 1. The Kier molecular flexibility index (Phi) is 5.12. The number of nitrogen functional groups attached to an aromatic ring is 1. The van der Waals surface area contributed by atoms with Crippen molar-refractivity contribution in [2.45, 2.75) is 19.3 Å². The number of ether oxygens (including phenoxy) is 1. The quantitative estimate of drug-likeness (QED) is 0.731. The molecule has 0 aliphatic heterocycles. The molecule has 1 unspecified atom stereocenters. The highest BCUT2D eigenvalue weighted by Gasteiger charge is 2.16. The van der Waals surface area contributed by atoms with Gasteiger partial charge in [-0.15, -0.1) is 0 Å². The normalized spacial score (nSPS) is 11.9. The average Bonchev–Trinajstić information content (AvgIpc) is 2.62. The molecule has 0 saturated carbocycles. The van der Waals surface area contributed by atoms with Crippen molar-refractivity contribution >= 4 is 5.82 Å². The summed E-state index contributed by atoms with van der Waals surface area (Å²) in [6.45, 7) is 2.67. The molecule has 3 rings (SSSR count). The van der Waals surface area contributed by atoms with Crippen molar-refractivity contribution in [3.63, 3.8) is 0 Å². The van der Waals surface area contributed by atoms with Crippen molar-refractivity contribution in [1.82, 2.24) is 4.98 Å². The average molecular weight is 318 g/mol. The van der Waals surface area contributed by atoms with E-state index in [1.165, 1.54) is 11.1 Å². The van der Waals surface area contributed by atoms with Crippen molar-refractivity contribution in [3.8, 4) is 5.75 Å². The van der Waals surface area contributed by atoms with Crippen LogP contribution in [0, 0.1) is 0 Å². The van der Waals surface area contributed by atoms with Crippen molar-refractivity contribution in [1.29, 1.82) is 0 Å². The fourth-order valence-corrected chi connectivity index (χ4v) is 2.87. The summed E-state index contributed by atoms with van der Waals surface area (Å²) in [5.41, 5.74) is 9.38. The van der Waals surface area contributed by atoms with Gasteiger partial charge in [0.2, 0.25) is 0 Å². The lowest BCUT2D eigenvalue weighted by molar-refractivity contribution is 0.340. The Hall–Kier alpha value is -2.81. The second-order valence-electron chi connectivity index (χ2n) is 5.73. The Labute approximate surface area is 143 Å². The first-order valence-electron chi connectivity index (χ1n) is 8.25. The minimum Gasteiger partial charge on any atom is -0.494 e. The van der Waals surface area contributed by atoms with Gasteiger partial charge in [-0.05, 0) is 48.7 Å². The van der Waals surface area contributed by atoms with E-state index in [9.17, 15) is 0 Å². The molecule has 3 aromatic rings. The molecule has 0 aliphatic carbocycles. The molecule has 24 heavy (non-hydrogen) atoms. The molecular formula is C21H22N2O. The largest absolute Gasteiger partial charge is 0.494 e. The monoisotopic (exact) mass is 318 g/mol. The molecular weight excluding hydrogens is 296 g/mol. The van der Waals surface area contributed by atoms with Gasteiger partial charge in [-0.2, -0.15) is 0 Å². The summed E-state index contributed by atoms with van der Waals surface area (Å²) in [6, 6.07) is 24.6. The smallest absolute Gasteiger partial charge is 0.123 e. The highest BCUT2D eigenvalue weighted by atomic mass is 16.5. The van der Waals surface area contributed by atoms with Crippen molar-refractivity contribution in [2.75, 3.05) is 12.3 Å². The summed E-state index contributed by atoms with van der Waals surface area (Å²) in [5.74, 6) is 1.63. The van der Waals surface area contributed by atoms with Crippen LogP contribution in [-0.4, -0.2) is 11.6 Å². The Morgan fingerprint density at radius 2 is 1.67 bits per heavy atom. The van der Waals surface area contributed by atoms with Crippen LogP contribution in [0.15, 0.2) is 72.8 Å². The van der Waals surface area contributed by atoms with Gasteiger partial charge in [0.1, 0.15) is 11.6 Å². The molecule has 0 aliphatic rings. The lowest BCUT2D eigenvalue weighted by atomic mass is 9.89. The molecule has 3 nitrogen and oxygen atoms in total. The van der Waals surface area contributed by atoms with E-state index in [1.807, 2.05) is 43.3 Å². The minimum absolute atomic E-state index is 0.174. The Bertz CT molecular complexity index is 769. The number of hydrogen-bond donors (Lipinski definition) is 1. The van der Waals surface area contributed by atoms with E-state index >= 15 is 0 Å². The minimum atomic E-state index is 0.174. The van der Waals surface area contributed by atoms with Gasteiger partial charge in [-0.3, -0.25) is 0 Å². The molecule has 1 atom stereocenters. The Balaban J connectivity index is 1.90. The second-order valence-corrected chi connectivity index (χ2v) is 5.73. The summed E-state index contributed by atoms with van der Waals surface area (Å²) in [6.07, 6.45) is 0.868. The number of pyridine rings is 1. The van der Waals surface area contributed by atoms with Gasteiger partial charge in [0.25, 0.3) is 0 Å². The molecule has 122 valence electrons. The lowest BCUT2D eigenvalue weighted by Crippen LogP contribution is -2.08. The molecule has 0 amide bonds. The van der Waals surface area contributed by atoms with Gasteiger partial charge in [-0.1, -0.05) is 48.5 Å². The number of hydrogen-bond acceptors (Lipinski definition) is 3. The number of rotatable bonds is 6. The van der Waals surface area contributed by atoms with Gasteiger partial charge in [0, 0.05) is 5.92 Å². The first-order chi connectivity index (χ1) is 11.8. The fourth-order valence-electron chi connectivity index (χ4n) is 2.87. The van der Waals surface area contributed by atoms with E-state index in [2.05, 4.69) is 41.4 Å². The van der Waals surface area contributed by atoms with E-state index in [1.54, 1.807) is 0 Å². The molecule has 0 bridgehead atoms. The second kappa shape index (κ2) is 7.64. The topological polar surface area (TPSA) is 48.1 Å². The van der Waals surface area contributed by atoms with Gasteiger partial charge >= 0.3 is 0 Å². The molecule has 0 radical (unpaired) electrons. The molecule has 1 aromatic heterocycles. The van der Waals surface area contributed by atoms with Crippen LogP contribution in [0.25, 0.3) is 0 Å². The molecule has 0 saturated heterocycles. The van der Waals surface area contributed by atoms with Crippen LogP contribution in [-0.2, 0) is 6.42 Å². The molecule has 1 heterocycles. The number of nitrogens with zero attached hydrogens (tertiary/aromatic N) is 1. The standard InChI is InChI=1S/C21H22N2O/c1-2-24-18-13-11-16(12-14-18)15-19(17-7-4-3-5-8-17)20-9-6-10-21(22)23-20/h3-14,19H,2,15H2,1H3,(H2,22,23). The van der Waals surface area contributed by atoms with Crippen LogP contribution in [0.5, 0.6) is 5.75 Å². The van der Waals surface area contributed by atoms with Gasteiger partial charge in [0.05, 0.1) is 12.3 Å². The van der Waals surface area contributed by atoms with E-state index < -0.39 is 0 Å². The zero-order valence-electron chi connectivity index (χ0n) is 13.9. The van der Waals surface area contributed by atoms with E-state index in [0.29, 0.717) is 12.4 Å². The van der Waals surface area contributed by atoms with Gasteiger partial charge < -0.3 is 10.5 Å². The summed E-state index contributed by atoms with van der Waals surface area (Å²) < 4.78 is 5.52. The van der Waals surface area contributed by atoms with Gasteiger partial charge in [-0.25, -0.2) is 4.98 Å². The molecule has 2 aromatic carbocycles. The van der Waals surface area contributed by atoms with E-state index in [0.717, 1.165) is 17.9 Å². The predicted molar refractivity (Wildman–Crippen MR) is 98.2 cm³/mol.